The second kappa shape index (κ2) is 14.4. The van der Waals surface area contributed by atoms with Crippen molar-refractivity contribution in [3.05, 3.63) is 121 Å². The summed E-state index contributed by atoms with van der Waals surface area (Å²) in [5, 5.41) is 5.77. The van der Waals surface area contributed by atoms with E-state index >= 15 is 0 Å². The molecule has 6 nitrogen and oxygen atoms in total. The zero-order valence-electron chi connectivity index (χ0n) is 21.3. The van der Waals surface area contributed by atoms with Gasteiger partial charge in [-0.2, -0.15) is 5.10 Å². The Morgan fingerprint density at radius 3 is 2.35 bits per heavy atom. The van der Waals surface area contributed by atoms with Gasteiger partial charge in [0.1, 0.15) is 19.0 Å². The molecule has 40 heavy (non-hydrogen) atoms. The lowest BCUT2D eigenvalue weighted by Gasteiger charge is -2.15. The zero-order chi connectivity index (χ0) is 28.5. The van der Waals surface area contributed by atoms with Gasteiger partial charge in [0.25, 0.3) is 5.91 Å². The van der Waals surface area contributed by atoms with Gasteiger partial charge in [-0.05, 0) is 70.9 Å². The molecule has 0 atom stereocenters. The molecule has 1 amide bonds. The summed E-state index contributed by atoms with van der Waals surface area (Å²) in [5.74, 6) is 1.02. The smallest absolute Gasteiger partial charge is 0.275 e. The van der Waals surface area contributed by atoms with Crippen LogP contribution in [0.25, 0.3) is 0 Å². The minimum atomic E-state index is -0.433. The highest BCUT2D eigenvalue weighted by Gasteiger charge is 2.15. The van der Waals surface area contributed by atoms with Crippen molar-refractivity contribution < 1.29 is 19.0 Å². The Balaban J connectivity index is 1.44. The second-order valence-electron chi connectivity index (χ2n) is 8.36. The second-order valence-corrected chi connectivity index (χ2v) is 10.5. The highest BCUT2D eigenvalue weighted by Crippen LogP contribution is 2.37. The predicted octanol–water partition coefficient (Wildman–Crippen LogP) is 8.73. The number of ether oxygens (including phenoxy) is 3. The molecule has 0 aliphatic carbocycles. The number of amides is 1. The first kappa shape index (κ1) is 29.7. The van der Waals surface area contributed by atoms with Crippen LogP contribution < -0.4 is 19.6 Å². The van der Waals surface area contributed by atoms with Crippen molar-refractivity contribution in [1.29, 1.82) is 0 Å². The van der Waals surface area contributed by atoms with Crippen molar-refractivity contribution in [2.75, 3.05) is 6.61 Å². The van der Waals surface area contributed by atoms with Crippen LogP contribution in [0.4, 0.5) is 0 Å². The minimum Gasteiger partial charge on any atom is -0.490 e. The fourth-order valence-electron chi connectivity index (χ4n) is 3.63. The van der Waals surface area contributed by atoms with Gasteiger partial charge < -0.3 is 14.2 Å². The van der Waals surface area contributed by atoms with Crippen molar-refractivity contribution >= 4 is 62.9 Å². The molecule has 0 heterocycles. The number of halogens is 4. The largest absolute Gasteiger partial charge is 0.490 e. The van der Waals surface area contributed by atoms with Crippen LogP contribution in [0.15, 0.2) is 88.4 Å². The first-order valence-electron chi connectivity index (χ1n) is 12.2. The van der Waals surface area contributed by atoms with E-state index in [-0.39, 0.29) is 13.2 Å². The van der Waals surface area contributed by atoms with Gasteiger partial charge in [0.05, 0.1) is 22.9 Å². The van der Waals surface area contributed by atoms with E-state index in [2.05, 4.69) is 26.5 Å². The number of nitrogens with one attached hydrogen (secondary N) is 1. The van der Waals surface area contributed by atoms with Crippen LogP contribution in [0.3, 0.4) is 0 Å². The standard InChI is InChI=1S/C30H24BrCl3N2O4/c1-2-38-28-14-19(13-24(31)29(28)40-18-20-7-3-5-9-25(20)33)16-35-36-30(37)23-8-4-6-10-27(23)39-17-21-11-12-22(32)15-26(21)34/h3-16H,2,17-18H2,1H3,(H,36,37)/b35-16-. The van der Waals surface area contributed by atoms with Gasteiger partial charge in [-0.3, -0.25) is 4.79 Å². The number of carbonyl (C=O) groups excluding carboxylic acids is 1. The maximum atomic E-state index is 12.9. The fraction of sp³-hybridized carbons (Fsp3) is 0.133. The molecule has 0 aliphatic heterocycles. The maximum absolute atomic E-state index is 12.9. The topological polar surface area (TPSA) is 69.2 Å². The summed E-state index contributed by atoms with van der Waals surface area (Å²) >= 11 is 22.0. The lowest BCUT2D eigenvalue weighted by atomic mass is 10.2. The lowest BCUT2D eigenvalue weighted by molar-refractivity contribution is 0.0950. The number of rotatable bonds is 11. The lowest BCUT2D eigenvalue weighted by Crippen LogP contribution is -2.18. The highest BCUT2D eigenvalue weighted by atomic mass is 79.9. The molecule has 10 heteroatoms. The molecule has 0 saturated carbocycles. The number of hydrogen-bond acceptors (Lipinski definition) is 5. The highest BCUT2D eigenvalue weighted by molar-refractivity contribution is 9.10. The third-order valence-corrected chi connectivity index (χ3v) is 7.12. The third-order valence-electron chi connectivity index (χ3n) is 5.57. The molecule has 0 saturated heterocycles. The van der Waals surface area contributed by atoms with Gasteiger partial charge in [-0.15, -0.1) is 0 Å². The fourth-order valence-corrected chi connectivity index (χ4v) is 4.86. The maximum Gasteiger partial charge on any atom is 0.275 e. The van der Waals surface area contributed by atoms with E-state index in [1.807, 2.05) is 37.3 Å². The van der Waals surface area contributed by atoms with Crippen LogP contribution in [-0.2, 0) is 13.2 Å². The monoisotopic (exact) mass is 660 g/mol. The number of para-hydroxylation sites is 1. The molecule has 0 fully saturated rings. The van der Waals surface area contributed by atoms with Crippen LogP contribution in [-0.4, -0.2) is 18.7 Å². The summed E-state index contributed by atoms with van der Waals surface area (Å²) in [5.41, 5.74) is 5.15. The quantitative estimate of drug-likeness (QED) is 0.129. The molecule has 0 radical (unpaired) electrons. The zero-order valence-corrected chi connectivity index (χ0v) is 25.2. The molecule has 0 aromatic heterocycles. The Morgan fingerprint density at radius 2 is 1.57 bits per heavy atom. The van der Waals surface area contributed by atoms with Crippen LogP contribution in [0.5, 0.6) is 17.2 Å². The SMILES string of the molecule is CCOc1cc(/C=N\NC(=O)c2ccccc2OCc2ccc(Cl)cc2Cl)cc(Br)c1OCc1ccccc1Cl. The van der Waals surface area contributed by atoms with Crippen molar-refractivity contribution in [3.63, 3.8) is 0 Å². The van der Waals surface area contributed by atoms with E-state index in [1.165, 1.54) is 6.21 Å². The summed E-state index contributed by atoms with van der Waals surface area (Å²) in [6, 6.07) is 23.1. The number of hydrazone groups is 1. The molecule has 0 unspecified atom stereocenters. The molecule has 1 N–H and O–H groups in total. The Labute approximate surface area is 255 Å². The van der Waals surface area contributed by atoms with Crippen LogP contribution in [0.1, 0.15) is 34.0 Å². The predicted molar refractivity (Wildman–Crippen MR) is 163 cm³/mol. The van der Waals surface area contributed by atoms with E-state index in [4.69, 9.17) is 49.0 Å². The summed E-state index contributed by atoms with van der Waals surface area (Å²) in [4.78, 5) is 12.9. The van der Waals surface area contributed by atoms with E-state index in [1.54, 1.807) is 48.5 Å². The van der Waals surface area contributed by atoms with Crippen LogP contribution in [0.2, 0.25) is 15.1 Å². The van der Waals surface area contributed by atoms with E-state index in [0.29, 0.717) is 54.5 Å². The van der Waals surface area contributed by atoms with Crippen molar-refractivity contribution in [2.24, 2.45) is 5.10 Å². The van der Waals surface area contributed by atoms with Crippen molar-refractivity contribution in [2.45, 2.75) is 20.1 Å². The first-order chi connectivity index (χ1) is 19.4. The molecule has 206 valence electrons. The molecule has 4 aromatic carbocycles. The molecule has 0 spiro atoms. The normalized spacial score (nSPS) is 10.9. The van der Waals surface area contributed by atoms with Crippen LogP contribution in [0, 0.1) is 0 Å². The first-order valence-corrected chi connectivity index (χ1v) is 14.1. The van der Waals surface area contributed by atoms with Gasteiger partial charge in [0, 0.05) is 26.2 Å². The molecule has 4 rings (SSSR count). The summed E-state index contributed by atoms with van der Waals surface area (Å²) in [6.45, 7) is 2.76. The Morgan fingerprint density at radius 1 is 0.850 bits per heavy atom. The number of nitrogens with zero attached hydrogens (tertiary/aromatic N) is 1. The summed E-state index contributed by atoms with van der Waals surface area (Å²) in [7, 11) is 0. The van der Waals surface area contributed by atoms with E-state index in [9.17, 15) is 4.79 Å². The Bertz CT molecular complexity index is 1530. The Hall–Kier alpha value is -3.23. The van der Waals surface area contributed by atoms with Gasteiger partial charge in [0.15, 0.2) is 11.5 Å². The Kier molecular flexibility index (Phi) is 10.7. The molecule has 0 aliphatic rings. The number of carbonyl (C=O) groups is 1. The molecule has 4 aromatic rings. The van der Waals surface area contributed by atoms with Gasteiger partial charge in [-0.25, -0.2) is 5.43 Å². The van der Waals surface area contributed by atoms with Gasteiger partial charge in [-0.1, -0.05) is 71.2 Å². The molecular formula is C30H24BrCl3N2O4. The van der Waals surface area contributed by atoms with Gasteiger partial charge in [0.2, 0.25) is 0 Å². The molecular weight excluding hydrogens is 639 g/mol. The van der Waals surface area contributed by atoms with Crippen molar-refractivity contribution in [3.8, 4) is 17.2 Å². The van der Waals surface area contributed by atoms with Gasteiger partial charge >= 0.3 is 0 Å². The summed E-state index contributed by atoms with van der Waals surface area (Å²) < 4.78 is 18.4. The molecule has 0 bridgehead atoms. The minimum absolute atomic E-state index is 0.169. The number of hydrogen-bond donors (Lipinski definition) is 1. The van der Waals surface area contributed by atoms with Crippen LogP contribution >= 0.6 is 50.7 Å². The average molecular weight is 663 g/mol. The average Bonchev–Trinajstić information content (AvgIpc) is 2.93. The summed E-state index contributed by atoms with van der Waals surface area (Å²) in [6.07, 6.45) is 1.51. The van der Waals surface area contributed by atoms with E-state index < -0.39 is 5.91 Å². The third kappa shape index (κ3) is 7.92. The van der Waals surface area contributed by atoms with Crippen molar-refractivity contribution in [1.82, 2.24) is 5.43 Å². The van der Waals surface area contributed by atoms with E-state index in [0.717, 1.165) is 11.1 Å². The number of benzene rings is 4.